The van der Waals surface area contributed by atoms with Crippen LogP contribution < -0.4 is 10.6 Å². The van der Waals surface area contributed by atoms with Crippen LogP contribution >= 0.6 is 0 Å². The van der Waals surface area contributed by atoms with Crippen LogP contribution in [0.3, 0.4) is 0 Å². The maximum absolute atomic E-state index is 12.2. The molecule has 17 heavy (non-hydrogen) atoms. The third-order valence-electron chi connectivity index (χ3n) is 3.17. The minimum absolute atomic E-state index is 0.214. The summed E-state index contributed by atoms with van der Waals surface area (Å²) in [6.07, 6.45) is 2.59. The van der Waals surface area contributed by atoms with E-state index in [0.29, 0.717) is 12.3 Å². The Bertz CT molecular complexity index is 426. The van der Waals surface area contributed by atoms with Crippen molar-refractivity contribution >= 4 is 17.3 Å². The zero-order chi connectivity index (χ0) is 12.4. The lowest BCUT2D eigenvalue weighted by Crippen LogP contribution is -2.36. The first kappa shape index (κ1) is 12.0. The highest BCUT2D eigenvalue weighted by molar-refractivity contribution is 5.95. The molecule has 2 rings (SSSR count). The summed E-state index contributed by atoms with van der Waals surface area (Å²) in [7, 11) is 0. The summed E-state index contributed by atoms with van der Waals surface area (Å²) in [6, 6.07) is 5.84. The van der Waals surface area contributed by atoms with Crippen LogP contribution in [0.1, 0.15) is 32.3 Å². The first-order valence-corrected chi connectivity index (χ1v) is 6.27. The van der Waals surface area contributed by atoms with Gasteiger partial charge >= 0.3 is 0 Å². The first-order valence-electron chi connectivity index (χ1n) is 6.27. The average Bonchev–Trinajstić information content (AvgIpc) is 2.28. The van der Waals surface area contributed by atoms with Crippen molar-refractivity contribution < 1.29 is 4.79 Å². The van der Waals surface area contributed by atoms with Gasteiger partial charge in [-0.05, 0) is 36.5 Å². The molecule has 1 heterocycles. The van der Waals surface area contributed by atoms with E-state index in [1.54, 1.807) is 0 Å². The van der Waals surface area contributed by atoms with Gasteiger partial charge in [-0.25, -0.2) is 0 Å². The Morgan fingerprint density at radius 3 is 2.94 bits per heavy atom. The van der Waals surface area contributed by atoms with Crippen LogP contribution in [0.4, 0.5) is 11.4 Å². The van der Waals surface area contributed by atoms with Crippen LogP contribution in [0.2, 0.25) is 0 Å². The summed E-state index contributed by atoms with van der Waals surface area (Å²) in [5.74, 6) is 0.612. The first-order chi connectivity index (χ1) is 8.09. The summed E-state index contributed by atoms with van der Waals surface area (Å²) >= 11 is 0. The monoisotopic (exact) mass is 232 g/mol. The van der Waals surface area contributed by atoms with E-state index in [4.69, 9.17) is 5.73 Å². The molecule has 0 fully saturated rings. The average molecular weight is 232 g/mol. The lowest BCUT2D eigenvalue weighted by Gasteiger charge is -2.30. The number of nitrogen functional groups attached to an aromatic ring is 1. The fourth-order valence-corrected chi connectivity index (χ4v) is 2.37. The van der Waals surface area contributed by atoms with Crippen molar-refractivity contribution in [1.29, 1.82) is 0 Å². The molecule has 2 N–H and O–H groups in total. The van der Waals surface area contributed by atoms with Gasteiger partial charge < -0.3 is 10.6 Å². The second kappa shape index (κ2) is 4.78. The lowest BCUT2D eigenvalue weighted by atomic mass is 9.99. The van der Waals surface area contributed by atoms with E-state index in [1.807, 2.05) is 23.1 Å². The van der Waals surface area contributed by atoms with Crippen molar-refractivity contribution in [1.82, 2.24) is 0 Å². The number of hydrogen-bond acceptors (Lipinski definition) is 2. The highest BCUT2D eigenvalue weighted by Crippen LogP contribution is 2.31. The van der Waals surface area contributed by atoms with Crippen molar-refractivity contribution in [3.05, 3.63) is 23.8 Å². The molecule has 0 radical (unpaired) electrons. The number of nitrogens with two attached hydrogens (primary N) is 1. The topological polar surface area (TPSA) is 46.3 Å². The van der Waals surface area contributed by atoms with E-state index in [1.165, 1.54) is 0 Å². The second-order valence-electron chi connectivity index (χ2n) is 5.09. The third kappa shape index (κ3) is 2.43. The summed E-state index contributed by atoms with van der Waals surface area (Å²) in [5.41, 5.74) is 8.93. The van der Waals surface area contributed by atoms with Gasteiger partial charge in [-0.15, -0.1) is 0 Å². The van der Waals surface area contributed by atoms with Gasteiger partial charge in [0, 0.05) is 24.3 Å². The van der Waals surface area contributed by atoms with Gasteiger partial charge in [-0.2, -0.15) is 0 Å². The van der Waals surface area contributed by atoms with E-state index in [9.17, 15) is 4.79 Å². The molecule has 1 aromatic carbocycles. The van der Waals surface area contributed by atoms with Crippen molar-refractivity contribution in [2.24, 2.45) is 5.92 Å². The van der Waals surface area contributed by atoms with E-state index >= 15 is 0 Å². The Balaban J connectivity index is 2.29. The maximum atomic E-state index is 12.2. The fourth-order valence-electron chi connectivity index (χ4n) is 2.37. The molecular formula is C14H20N2O. The molecule has 3 heteroatoms. The molecule has 0 aromatic heterocycles. The van der Waals surface area contributed by atoms with Crippen molar-refractivity contribution in [2.45, 2.75) is 33.1 Å². The van der Waals surface area contributed by atoms with Gasteiger partial charge in [0.2, 0.25) is 5.91 Å². The van der Waals surface area contributed by atoms with Gasteiger partial charge in [-0.3, -0.25) is 4.79 Å². The Morgan fingerprint density at radius 2 is 2.24 bits per heavy atom. The zero-order valence-electron chi connectivity index (χ0n) is 10.6. The number of carbonyl (C=O) groups is 1. The number of fused-ring (bicyclic) bond motifs is 1. The van der Waals surface area contributed by atoms with Crippen LogP contribution in [0, 0.1) is 5.92 Å². The minimum Gasteiger partial charge on any atom is -0.398 e. The van der Waals surface area contributed by atoms with E-state index in [-0.39, 0.29) is 5.91 Å². The molecule has 1 aliphatic heterocycles. The molecule has 0 spiro atoms. The quantitative estimate of drug-likeness (QED) is 0.797. The Morgan fingerprint density at radius 1 is 1.47 bits per heavy atom. The van der Waals surface area contributed by atoms with Crippen LogP contribution in [0.15, 0.2) is 18.2 Å². The number of amides is 1. The standard InChI is InChI=1S/C14H20N2O/c1-10(2)9-14(17)16-8-4-5-11-12(15)6-3-7-13(11)16/h3,6-7,10H,4-5,8-9,15H2,1-2H3. The molecule has 0 unspecified atom stereocenters. The predicted octanol–water partition coefficient (Wildman–Crippen LogP) is 2.59. The number of nitrogens with zero attached hydrogens (tertiary/aromatic N) is 1. The largest absolute Gasteiger partial charge is 0.398 e. The molecule has 0 saturated carbocycles. The molecule has 1 aliphatic rings. The number of carbonyl (C=O) groups excluding carboxylic acids is 1. The van der Waals surface area contributed by atoms with Crippen LogP contribution in [0.25, 0.3) is 0 Å². The Hall–Kier alpha value is -1.51. The summed E-state index contributed by atoms with van der Waals surface area (Å²) in [5, 5.41) is 0. The van der Waals surface area contributed by atoms with Gasteiger partial charge in [0.1, 0.15) is 0 Å². The maximum Gasteiger partial charge on any atom is 0.227 e. The molecule has 3 nitrogen and oxygen atoms in total. The van der Waals surface area contributed by atoms with Crippen molar-refractivity contribution in [3.63, 3.8) is 0 Å². The molecule has 0 bridgehead atoms. The fraction of sp³-hybridized carbons (Fsp3) is 0.500. The lowest BCUT2D eigenvalue weighted by molar-refractivity contribution is -0.119. The van der Waals surface area contributed by atoms with Crippen LogP contribution in [-0.2, 0) is 11.2 Å². The van der Waals surface area contributed by atoms with Gasteiger partial charge in [0.25, 0.3) is 0 Å². The molecule has 0 aliphatic carbocycles. The van der Waals surface area contributed by atoms with E-state index in [2.05, 4.69) is 13.8 Å². The molecule has 1 amide bonds. The smallest absolute Gasteiger partial charge is 0.227 e. The summed E-state index contributed by atoms with van der Waals surface area (Å²) in [4.78, 5) is 14.1. The molecule has 0 saturated heterocycles. The summed E-state index contributed by atoms with van der Waals surface area (Å²) < 4.78 is 0. The molecule has 0 atom stereocenters. The van der Waals surface area contributed by atoms with Crippen molar-refractivity contribution in [2.75, 3.05) is 17.2 Å². The number of anilines is 2. The number of benzene rings is 1. The van der Waals surface area contributed by atoms with Gasteiger partial charge in [0.15, 0.2) is 0 Å². The Labute approximate surface area is 103 Å². The normalized spacial score (nSPS) is 14.9. The van der Waals surface area contributed by atoms with E-state index < -0.39 is 0 Å². The molecule has 1 aromatic rings. The van der Waals surface area contributed by atoms with Gasteiger partial charge in [0.05, 0.1) is 0 Å². The minimum atomic E-state index is 0.214. The molecule has 92 valence electrons. The Kier molecular flexibility index (Phi) is 3.36. The van der Waals surface area contributed by atoms with E-state index in [0.717, 1.165) is 36.3 Å². The van der Waals surface area contributed by atoms with Gasteiger partial charge in [-0.1, -0.05) is 19.9 Å². The van der Waals surface area contributed by atoms with Crippen LogP contribution in [0.5, 0.6) is 0 Å². The second-order valence-corrected chi connectivity index (χ2v) is 5.09. The molecular weight excluding hydrogens is 212 g/mol. The van der Waals surface area contributed by atoms with Crippen LogP contribution in [-0.4, -0.2) is 12.5 Å². The zero-order valence-corrected chi connectivity index (χ0v) is 10.6. The third-order valence-corrected chi connectivity index (χ3v) is 3.17. The summed E-state index contributed by atoms with van der Waals surface area (Å²) in [6.45, 7) is 4.96. The number of hydrogen-bond donors (Lipinski definition) is 1. The number of rotatable bonds is 2. The SMILES string of the molecule is CC(C)CC(=O)N1CCCc2c(N)cccc21. The highest BCUT2D eigenvalue weighted by Gasteiger charge is 2.23. The predicted molar refractivity (Wildman–Crippen MR) is 71.0 cm³/mol. The van der Waals surface area contributed by atoms with Crippen molar-refractivity contribution in [3.8, 4) is 0 Å². The highest BCUT2D eigenvalue weighted by atomic mass is 16.2.